The first-order valence-corrected chi connectivity index (χ1v) is 6.50. The molecule has 0 aromatic heterocycles. The van der Waals surface area contributed by atoms with Crippen LogP contribution in [-0.4, -0.2) is 25.8 Å². The lowest BCUT2D eigenvalue weighted by atomic mass is 10.3. The molecular formula is C10H12F2N2O2S. The maximum absolute atomic E-state index is 13.5. The Morgan fingerprint density at radius 2 is 1.88 bits per heavy atom. The molecule has 0 saturated heterocycles. The van der Waals surface area contributed by atoms with Crippen molar-refractivity contribution in [1.29, 1.82) is 0 Å². The van der Waals surface area contributed by atoms with Gasteiger partial charge in [0.25, 0.3) is 0 Å². The molecule has 2 rings (SSSR count). The number of nitrogens with zero attached hydrogens (tertiary/aromatic N) is 1. The fraction of sp³-hybridized carbons (Fsp3) is 0.400. The number of rotatable bonds is 3. The molecule has 1 fully saturated rings. The Balaban J connectivity index is 2.49. The lowest BCUT2D eigenvalue weighted by Gasteiger charge is -2.17. The molecule has 0 aliphatic heterocycles. The highest BCUT2D eigenvalue weighted by Gasteiger charge is 2.36. The van der Waals surface area contributed by atoms with Gasteiger partial charge < -0.3 is 5.73 Å². The summed E-state index contributed by atoms with van der Waals surface area (Å²) in [6, 6.07) is 1.22. The summed E-state index contributed by atoms with van der Waals surface area (Å²) in [6.07, 6.45) is 1.52. The maximum Gasteiger partial charge on any atom is 0.246 e. The number of nitrogens with two attached hydrogens (primary N) is 1. The molecule has 0 atom stereocenters. The lowest BCUT2D eigenvalue weighted by molar-refractivity contribution is 0.456. The van der Waals surface area contributed by atoms with Crippen molar-refractivity contribution < 1.29 is 17.2 Å². The van der Waals surface area contributed by atoms with Crippen LogP contribution < -0.4 is 5.73 Å². The highest BCUT2D eigenvalue weighted by atomic mass is 32.2. The van der Waals surface area contributed by atoms with Gasteiger partial charge in [0.2, 0.25) is 10.0 Å². The Hall–Kier alpha value is -1.21. The second-order valence-electron chi connectivity index (χ2n) is 4.06. The van der Waals surface area contributed by atoms with Crippen molar-refractivity contribution in [2.45, 2.75) is 23.8 Å². The lowest BCUT2D eigenvalue weighted by Crippen LogP contribution is -2.29. The molecule has 1 aromatic rings. The molecule has 17 heavy (non-hydrogen) atoms. The molecule has 1 aliphatic rings. The van der Waals surface area contributed by atoms with Crippen LogP contribution in [0, 0.1) is 11.6 Å². The predicted molar refractivity (Wildman–Crippen MR) is 58.7 cm³/mol. The summed E-state index contributed by atoms with van der Waals surface area (Å²) < 4.78 is 51.5. The molecule has 94 valence electrons. The average Bonchev–Trinajstić information content (AvgIpc) is 3.05. The first-order chi connectivity index (χ1) is 7.84. The van der Waals surface area contributed by atoms with E-state index in [0.717, 1.165) is 23.2 Å². The van der Waals surface area contributed by atoms with Gasteiger partial charge in [-0.15, -0.1) is 0 Å². The molecule has 1 aromatic carbocycles. The standard InChI is InChI=1S/C10H12F2N2O2S/c1-14(6-2-3-6)17(15,16)10-5-9(13)7(11)4-8(10)12/h4-6H,2-3,13H2,1H3. The zero-order chi connectivity index (χ0) is 12.8. The van der Waals surface area contributed by atoms with E-state index in [1.807, 2.05) is 0 Å². The smallest absolute Gasteiger partial charge is 0.246 e. The van der Waals surface area contributed by atoms with E-state index >= 15 is 0 Å². The summed E-state index contributed by atoms with van der Waals surface area (Å²) in [5.41, 5.74) is 4.87. The first kappa shape index (κ1) is 12.3. The van der Waals surface area contributed by atoms with Crippen LogP contribution in [0.15, 0.2) is 17.0 Å². The number of halogens is 2. The molecule has 0 amide bonds. The quantitative estimate of drug-likeness (QED) is 0.836. The molecule has 2 N–H and O–H groups in total. The molecule has 4 nitrogen and oxygen atoms in total. The molecule has 7 heteroatoms. The van der Waals surface area contributed by atoms with Crippen LogP contribution in [0.4, 0.5) is 14.5 Å². The van der Waals surface area contributed by atoms with Crippen molar-refractivity contribution in [3.05, 3.63) is 23.8 Å². The van der Waals surface area contributed by atoms with Crippen LogP contribution in [0.3, 0.4) is 0 Å². The summed E-state index contributed by atoms with van der Waals surface area (Å²) in [4.78, 5) is -0.578. The molecule has 0 bridgehead atoms. The van der Waals surface area contributed by atoms with Crippen LogP contribution in [0.2, 0.25) is 0 Å². The summed E-state index contributed by atoms with van der Waals surface area (Å²) in [5.74, 6) is -2.08. The minimum Gasteiger partial charge on any atom is -0.396 e. The SMILES string of the molecule is CN(C1CC1)S(=O)(=O)c1cc(N)c(F)cc1F. The number of nitrogen functional groups attached to an aromatic ring is 1. The molecular weight excluding hydrogens is 250 g/mol. The Kier molecular flexibility index (Phi) is 2.82. The number of hydrogen-bond donors (Lipinski definition) is 1. The Morgan fingerprint density at radius 1 is 1.29 bits per heavy atom. The zero-order valence-corrected chi connectivity index (χ0v) is 9.97. The van der Waals surface area contributed by atoms with E-state index in [1.165, 1.54) is 7.05 Å². The van der Waals surface area contributed by atoms with E-state index in [-0.39, 0.29) is 11.7 Å². The van der Waals surface area contributed by atoms with Gasteiger partial charge in [0.05, 0.1) is 5.69 Å². The Morgan fingerprint density at radius 3 is 2.41 bits per heavy atom. The third kappa shape index (κ3) is 2.12. The second-order valence-corrected chi connectivity index (χ2v) is 6.02. The van der Waals surface area contributed by atoms with Crippen LogP contribution in [0.25, 0.3) is 0 Å². The average molecular weight is 262 g/mol. The molecule has 0 radical (unpaired) electrons. The molecule has 0 unspecified atom stereocenters. The van der Waals surface area contributed by atoms with Crippen molar-refractivity contribution in [2.24, 2.45) is 0 Å². The van der Waals surface area contributed by atoms with Gasteiger partial charge in [-0.1, -0.05) is 0 Å². The van der Waals surface area contributed by atoms with E-state index < -0.39 is 26.6 Å². The van der Waals surface area contributed by atoms with Gasteiger partial charge in [-0.2, -0.15) is 4.31 Å². The van der Waals surface area contributed by atoms with E-state index in [4.69, 9.17) is 5.73 Å². The topological polar surface area (TPSA) is 63.4 Å². The molecule has 0 heterocycles. The summed E-state index contributed by atoms with van der Waals surface area (Å²) in [5, 5.41) is 0. The van der Waals surface area contributed by atoms with Gasteiger partial charge in [0.1, 0.15) is 16.5 Å². The van der Waals surface area contributed by atoms with Crippen molar-refractivity contribution in [1.82, 2.24) is 4.31 Å². The normalized spacial score (nSPS) is 16.5. The fourth-order valence-electron chi connectivity index (χ4n) is 1.53. The number of benzene rings is 1. The summed E-state index contributed by atoms with van der Waals surface area (Å²) in [7, 11) is -2.55. The number of anilines is 1. The third-order valence-electron chi connectivity index (χ3n) is 2.77. The number of hydrogen-bond acceptors (Lipinski definition) is 3. The highest BCUT2D eigenvalue weighted by Crippen LogP contribution is 2.32. The van der Waals surface area contributed by atoms with Crippen molar-refractivity contribution in [2.75, 3.05) is 12.8 Å². The van der Waals surface area contributed by atoms with Crippen LogP contribution in [-0.2, 0) is 10.0 Å². The van der Waals surface area contributed by atoms with Crippen LogP contribution in [0.5, 0.6) is 0 Å². The highest BCUT2D eigenvalue weighted by molar-refractivity contribution is 7.89. The monoisotopic (exact) mass is 262 g/mol. The van der Waals surface area contributed by atoms with E-state index in [1.54, 1.807) is 0 Å². The van der Waals surface area contributed by atoms with E-state index in [9.17, 15) is 17.2 Å². The Labute approximate surface area is 98.1 Å². The molecule has 1 aliphatic carbocycles. The third-order valence-corrected chi connectivity index (χ3v) is 4.69. The predicted octanol–water partition coefficient (Wildman–Crippen LogP) is 1.33. The second kappa shape index (κ2) is 3.92. The van der Waals surface area contributed by atoms with Crippen molar-refractivity contribution in [3.8, 4) is 0 Å². The van der Waals surface area contributed by atoms with Crippen LogP contribution >= 0.6 is 0 Å². The van der Waals surface area contributed by atoms with Crippen LogP contribution in [0.1, 0.15) is 12.8 Å². The molecule has 1 saturated carbocycles. The van der Waals surface area contributed by atoms with Gasteiger partial charge >= 0.3 is 0 Å². The molecule has 0 spiro atoms. The van der Waals surface area contributed by atoms with Gasteiger partial charge in [0, 0.05) is 19.2 Å². The van der Waals surface area contributed by atoms with E-state index in [2.05, 4.69) is 0 Å². The summed E-state index contributed by atoms with van der Waals surface area (Å²) in [6.45, 7) is 0. The minimum atomic E-state index is -3.93. The minimum absolute atomic E-state index is 0.0920. The summed E-state index contributed by atoms with van der Waals surface area (Å²) >= 11 is 0. The van der Waals surface area contributed by atoms with Gasteiger partial charge in [-0.3, -0.25) is 0 Å². The van der Waals surface area contributed by atoms with Gasteiger partial charge in [-0.05, 0) is 18.9 Å². The fourth-order valence-corrected chi connectivity index (χ4v) is 3.03. The van der Waals surface area contributed by atoms with Crippen molar-refractivity contribution >= 4 is 15.7 Å². The largest absolute Gasteiger partial charge is 0.396 e. The zero-order valence-electron chi connectivity index (χ0n) is 9.15. The van der Waals surface area contributed by atoms with Gasteiger partial charge in [0.15, 0.2) is 0 Å². The number of sulfonamides is 1. The van der Waals surface area contributed by atoms with Gasteiger partial charge in [-0.25, -0.2) is 17.2 Å². The van der Waals surface area contributed by atoms with Crippen molar-refractivity contribution in [3.63, 3.8) is 0 Å². The maximum atomic E-state index is 13.5. The van der Waals surface area contributed by atoms with E-state index in [0.29, 0.717) is 6.07 Å². The first-order valence-electron chi connectivity index (χ1n) is 5.06. The Bertz CT molecular complexity index is 556.